The van der Waals surface area contributed by atoms with Gasteiger partial charge in [0.25, 0.3) is 0 Å². The summed E-state index contributed by atoms with van der Waals surface area (Å²) in [6.07, 6.45) is 0.762. The van der Waals surface area contributed by atoms with Gasteiger partial charge in [-0.2, -0.15) is 0 Å². The van der Waals surface area contributed by atoms with Gasteiger partial charge in [-0.25, -0.2) is 4.39 Å². The second-order valence-corrected chi connectivity index (χ2v) is 5.99. The van der Waals surface area contributed by atoms with Crippen LogP contribution in [0.2, 0.25) is 0 Å². The van der Waals surface area contributed by atoms with E-state index in [-0.39, 0.29) is 23.8 Å². The van der Waals surface area contributed by atoms with Crippen molar-refractivity contribution in [3.05, 3.63) is 28.5 Å². The summed E-state index contributed by atoms with van der Waals surface area (Å²) in [5.41, 5.74) is 0. The molecule has 0 bridgehead atoms. The van der Waals surface area contributed by atoms with Crippen molar-refractivity contribution in [1.82, 2.24) is 0 Å². The van der Waals surface area contributed by atoms with E-state index < -0.39 is 0 Å². The van der Waals surface area contributed by atoms with Crippen LogP contribution in [-0.2, 0) is 4.74 Å². The lowest BCUT2D eigenvalue weighted by Crippen LogP contribution is -2.52. The monoisotopic (exact) mass is 366 g/mol. The Bertz CT molecular complexity index is 400. The Labute approximate surface area is 117 Å². The van der Waals surface area contributed by atoms with Crippen LogP contribution in [0.3, 0.4) is 0 Å². The maximum Gasteiger partial charge on any atom is 0.166 e. The molecule has 2 rings (SSSR count). The highest BCUT2D eigenvalue weighted by Gasteiger charge is 2.42. The van der Waals surface area contributed by atoms with Gasteiger partial charge in [-0.1, -0.05) is 31.9 Å². The van der Waals surface area contributed by atoms with Crippen LogP contribution in [0.4, 0.5) is 4.39 Å². The summed E-state index contributed by atoms with van der Waals surface area (Å²) in [7, 11) is 0. The van der Waals surface area contributed by atoms with E-state index in [2.05, 4.69) is 31.9 Å². The fourth-order valence-electron chi connectivity index (χ4n) is 1.78. The summed E-state index contributed by atoms with van der Waals surface area (Å²) in [5.74, 6) is -0.0741. The molecule has 0 radical (unpaired) electrons. The zero-order chi connectivity index (χ0) is 12.4. The number of hydrogen-bond acceptors (Lipinski definition) is 2. The summed E-state index contributed by atoms with van der Waals surface area (Å²) < 4.78 is 25.4. The van der Waals surface area contributed by atoms with Gasteiger partial charge in [-0.15, -0.1) is 0 Å². The smallest absolute Gasteiger partial charge is 0.166 e. The van der Waals surface area contributed by atoms with Gasteiger partial charge in [-0.05, 0) is 25.1 Å². The molecular weight excluding hydrogens is 355 g/mol. The molecular formula is C12H13Br2FO2. The van der Waals surface area contributed by atoms with Gasteiger partial charge in [0, 0.05) is 22.3 Å². The molecule has 5 heteroatoms. The predicted molar refractivity (Wildman–Crippen MR) is 71.3 cm³/mol. The van der Waals surface area contributed by atoms with Gasteiger partial charge in [0.1, 0.15) is 12.2 Å². The summed E-state index contributed by atoms with van der Waals surface area (Å²) in [5, 5.41) is 0. The largest absolute Gasteiger partial charge is 0.485 e. The third-order valence-electron chi connectivity index (χ3n) is 2.71. The van der Waals surface area contributed by atoms with Crippen molar-refractivity contribution in [3.63, 3.8) is 0 Å². The number of ether oxygens (including phenoxy) is 2. The van der Waals surface area contributed by atoms with E-state index in [1.165, 1.54) is 6.07 Å². The molecule has 94 valence electrons. The van der Waals surface area contributed by atoms with E-state index in [1.807, 2.05) is 6.92 Å². The maximum absolute atomic E-state index is 13.6. The Morgan fingerprint density at radius 3 is 2.82 bits per heavy atom. The molecule has 0 spiro atoms. The fraction of sp³-hybridized carbons (Fsp3) is 0.500. The Morgan fingerprint density at radius 1 is 1.47 bits per heavy atom. The fourth-order valence-corrected chi connectivity index (χ4v) is 2.98. The third kappa shape index (κ3) is 3.01. The van der Waals surface area contributed by atoms with Gasteiger partial charge >= 0.3 is 0 Å². The van der Waals surface area contributed by atoms with Gasteiger partial charge in [0.2, 0.25) is 0 Å². The van der Waals surface area contributed by atoms with Crippen molar-refractivity contribution in [2.45, 2.75) is 30.4 Å². The predicted octanol–water partition coefficient (Wildman–Crippen LogP) is 3.91. The molecule has 3 atom stereocenters. The number of hydrogen-bond donors (Lipinski definition) is 0. The summed E-state index contributed by atoms with van der Waals surface area (Å²) in [6.45, 7) is 2.57. The first kappa shape index (κ1) is 13.3. The molecule has 2 nitrogen and oxygen atoms in total. The average molecular weight is 368 g/mol. The lowest BCUT2D eigenvalue weighted by Gasteiger charge is -2.40. The van der Waals surface area contributed by atoms with Crippen LogP contribution < -0.4 is 4.74 Å². The number of halogens is 3. The van der Waals surface area contributed by atoms with Crippen LogP contribution in [0.15, 0.2) is 22.7 Å². The average Bonchev–Trinajstić information content (AvgIpc) is 2.28. The van der Waals surface area contributed by atoms with Crippen LogP contribution in [-0.4, -0.2) is 23.6 Å². The van der Waals surface area contributed by atoms with Crippen LogP contribution in [0.1, 0.15) is 13.3 Å². The molecule has 1 aromatic carbocycles. The number of benzene rings is 1. The van der Waals surface area contributed by atoms with Gasteiger partial charge in [-0.3, -0.25) is 0 Å². The Hall–Kier alpha value is -0.130. The SMILES string of the molecule is CCOC1C(Br)CC1Oc1ccc(Br)cc1F. The lowest BCUT2D eigenvalue weighted by molar-refractivity contribution is -0.0734. The normalized spacial score (nSPS) is 27.6. The number of alkyl halides is 1. The van der Waals surface area contributed by atoms with Crippen molar-refractivity contribution in [2.24, 2.45) is 0 Å². The van der Waals surface area contributed by atoms with Crippen molar-refractivity contribution in [3.8, 4) is 5.75 Å². The third-order valence-corrected chi connectivity index (χ3v) is 4.10. The molecule has 1 fully saturated rings. The second-order valence-electron chi connectivity index (χ2n) is 3.90. The first-order valence-electron chi connectivity index (χ1n) is 5.49. The molecule has 1 saturated carbocycles. The minimum absolute atomic E-state index is 0.00282. The quantitative estimate of drug-likeness (QED) is 0.751. The van der Waals surface area contributed by atoms with E-state index in [4.69, 9.17) is 9.47 Å². The van der Waals surface area contributed by atoms with Crippen LogP contribution in [0, 0.1) is 5.82 Å². The topological polar surface area (TPSA) is 18.5 Å². The van der Waals surface area contributed by atoms with Gasteiger partial charge < -0.3 is 9.47 Å². The number of rotatable bonds is 4. The van der Waals surface area contributed by atoms with E-state index in [1.54, 1.807) is 12.1 Å². The first-order chi connectivity index (χ1) is 8.11. The van der Waals surface area contributed by atoms with Crippen molar-refractivity contribution in [2.75, 3.05) is 6.61 Å². The molecule has 1 aliphatic carbocycles. The lowest BCUT2D eigenvalue weighted by atomic mass is 9.91. The highest BCUT2D eigenvalue weighted by molar-refractivity contribution is 9.10. The highest BCUT2D eigenvalue weighted by Crippen LogP contribution is 2.35. The van der Waals surface area contributed by atoms with E-state index in [0.29, 0.717) is 15.9 Å². The van der Waals surface area contributed by atoms with Gasteiger partial charge in [0.05, 0.1) is 0 Å². The van der Waals surface area contributed by atoms with Crippen LogP contribution in [0.25, 0.3) is 0 Å². The molecule has 17 heavy (non-hydrogen) atoms. The molecule has 0 saturated heterocycles. The maximum atomic E-state index is 13.6. The zero-order valence-electron chi connectivity index (χ0n) is 9.33. The van der Waals surface area contributed by atoms with E-state index in [9.17, 15) is 4.39 Å². The van der Waals surface area contributed by atoms with Crippen LogP contribution in [0.5, 0.6) is 5.75 Å². The Kier molecular flexibility index (Phi) is 4.44. The standard InChI is InChI=1S/C12H13Br2FO2/c1-2-16-12-8(14)6-11(12)17-10-4-3-7(13)5-9(10)15/h3-5,8,11-12H,2,6H2,1H3. The zero-order valence-corrected chi connectivity index (χ0v) is 12.5. The molecule has 0 heterocycles. The van der Waals surface area contributed by atoms with E-state index in [0.717, 1.165) is 6.42 Å². The van der Waals surface area contributed by atoms with Gasteiger partial charge in [0.15, 0.2) is 11.6 Å². The molecule has 0 N–H and O–H groups in total. The molecule has 0 amide bonds. The minimum Gasteiger partial charge on any atom is -0.485 e. The molecule has 1 aromatic rings. The minimum atomic E-state index is -0.354. The summed E-state index contributed by atoms with van der Waals surface area (Å²) in [6, 6.07) is 4.79. The molecule has 0 aliphatic heterocycles. The Morgan fingerprint density at radius 2 is 2.24 bits per heavy atom. The molecule has 3 unspecified atom stereocenters. The molecule has 1 aliphatic rings. The second kappa shape index (κ2) is 5.67. The summed E-state index contributed by atoms with van der Waals surface area (Å²) in [4.78, 5) is 0.297. The van der Waals surface area contributed by atoms with Crippen LogP contribution >= 0.6 is 31.9 Å². The van der Waals surface area contributed by atoms with Crippen molar-refractivity contribution >= 4 is 31.9 Å². The summed E-state index contributed by atoms with van der Waals surface area (Å²) >= 11 is 6.72. The first-order valence-corrected chi connectivity index (χ1v) is 7.20. The molecule has 0 aromatic heterocycles. The van der Waals surface area contributed by atoms with Crippen molar-refractivity contribution in [1.29, 1.82) is 0 Å². The highest BCUT2D eigenvalue weighted by atomic mass is 79.9. The van der Waals surface area contributed by atoms with E-state index >= 15 is 0 Å². The van der Waals surface area contributed by atoms with Crippen molar-refractivity contribution < 1.29 is 13.9 Å². The Balaban J connectivity index is 2.01.